The molecule has 0 radical (unpaired) electrons. The number of rotatable bonds is 5. The number of ether oxygens (including phenoxy) is 1. The smallest absolute Gasteiger partial charge is 0.320 e. The fourth-order valence-electron chi connectivity index (χ4n) is 2.22. The summed E-state index contributed by atoms with van der Waals surface area (Å²) >= 11 is 5.45. The van der Waals surface area contributed by atoms with Gasteiger partial charge < -0.3 is 4.74 Å². The molecule has 96 valence electrons. The Labute approximate surface area is 106 Å². The van der Waals surface area contributed by atoms with Crippen molar-refractivity contribution in [1.82, 2.24) is 0 Å². The highest BCUT2D eigenvalue weighted by molar-refractivity contribution is 6.28. The van der Waals surface area contributed by atoms with Crippen LogP contribution in [0, 0.1) is 5.41 Å². The maximum atomic E-state index is 12.0. The molecule has 0 amide bonds. The maximum Gasteiger partial charge on any atom is 0.320 e. The first-order valence-electron chi connectivity index (χ1n) is 5.85. The number of ketones is 2. The molecule has 0 aromatic heterocycles. The van der Waals surface area contributed by atoms with Gasteiger partial charge in [0.05, 0.1) is 12.5 Å². The zero-order valence-electron chi connectivity index (χ0n) is 9.96. The van der Waals surface area contributed by atoms with Crippen molar-refractivity contribution in [2.24, 2.45) is 5.41 Å². The molecule has 1 fully saturated rings. The third-order valence-corrected chi connectivity index (χ3v) is 3.40. The normalized spacial score (nSPS) is 24.5. The summed E-state index contributed by atoms with van der Waals surface area (Å²) in [6.07, 6.45) is 2.16. The van der Waals surface area contributed by atoms with Crippen molar-refractivity contribution in [3.63, 3.8) is 0 Å². The summed E-state index contributed by atoms with van der Waals surface area (Å²) in [5.74, 6) is -1.20. The number of carbonyl (C=O) groups is 3. The lowest BCUT2D eigenvalue weighted by Crippen LogP contribution is -2.44. The Morgan fingerprint density at radius 2 is 2.12 bits per heavy atom. The first kappa shape index (κ1) is 14.2. The van der Waals surface area contributed by atoms with Gasteiger partial charge >= 0.3 is 5.97 Å². The van der Waals surface area contributed by atoms with Gasteiger partial charge in [-0.3, -0.25) is 14.4 Å². The Balaban J connectivity index is 2.93. The number of hydrogen-bond acceptors (Lipinski definition) is 4. The van der Waals surface area contributed by atoms with Gasteiger partial charge in [0.2, 0.25) is 0 Å². The van der Waals surface area contributed by atoms with Gasteiger partial charge in [0, 0.05) is 12.8 Å². The number of hydrogen-bond donors (Lipinski definition) is 0. The summed E-state index contributed by atoms with van der Waals surface area (Å²) in [7, 11) is 0. The number of alkyl halides is 1. The highest BCUT2D eigenvalue weighted by Crippen LogP contribution is 2.38. The maximum absolute atomic E-state index is 12.0. The minimum absolute atomic E-state index is 0.117. The zero-order chi connectivity index (χ0) is 12.9. The van der Waals surface area contributed by atoms with E-state index in [1.54, 1.807) is 6.92 Å². The molecule has 0 bridgehead atoms. The first-order valence-corrected chi connectivity index (χ1v) is 6.38. The highest BCUT2D eigenvalue weighted by atomic mass is 35.5. The summed E-state index contributed by atoms with van der Waals surface area (Å²) in [5, 5.41) is 0. The van der Waals surface area contributed by atoms with E-state index in [0.717, 1.165) is 12.8 Å². The predicted molar refractivity (Wildman–Crippen MR) is 62.9 cm³/mol. The minimum Gasteiger partial charge on any atom is -0.465 e. The minimum atomic E-state index is -1.26. The molecule has 1 aliphatic carbocycles. The second-order valence-electron chi connectivity index (χ2n) is 4.28. The van der Waals surface area contributed by atoms with Crippen LogP contribution in [0.2, 0.25) is 0 Å². The van der Waals surface area contributed by atoms with Crippen molar-refractivity contribution in [2.75, 3.05) is 12.5 Å². The molecular weight excluding hydrogens is 244 g/mol. The molecule has 1 unspecified atom stereocenters. The largest absolute Gasteiger partial charge is 0.465 e. The Morgan fingerprint density at radius 1 is 1.41 bits per heavy atom. The number of Topliss-reactive ketones (excluding diaryl/α,β-unsaturated/α-hetero) is 2. The molecule has 0 spiro atoms. The second-order valence-corrected chi connectivity index (χ2v) is 4.55. The highest BCUT2D eigenvalue weighted by Gasteiger charge is 2.48. The molecule has 0 aliphatic heterocycles. The van der Waals surface area contributed by atoms with Gasteiger partial charge in [0.1, 0.15) is 11.2 Å². The van der Waals surface area contributed by atoms with Gasteiger partial charge in [-0.2, -0.15) is 0 Å². The van der Waals surface area contributed by atoms with E-state index >= 15 is 0 Å². The lowest BCUT2D eigenvalue weighted by molar-refractivity contribution is -0.164. The molecule has 0 aromatic carbocycles. The van der Waals surface area contributed by atoms with Gasteiger partial charge in [-0.25, -0.2) is 0 Å². The molecule has 1 atom stereocenters. The topological polar surface area (TPSA) is 60.4 Å². The van der Waals surface area contributed by atoms with Gasteiger partial charge in [0.25, 0.3) is 0 Å². The van der Waals surface area contributed by atoms with Crippen LogP contribution in [-0.4, -0.2) is 30.0 Å². The first-order chi connectivity index (χ1) is 8.06. The lowest BCUT2D eigenvalue weighted by atomic mass is 9.70. The summed E-state index contributed by atoms with van der Waals surface area (Å²) in [5.41, 5.74) is -1.26. The molecule has 1 saturated carbocycles. The van der Waals surface area contributed by atoms with E-state index in [9.17, 15) is 14.4 Å². The van der Waals surface area contributed by atoms with Crippen LogP contribution in [0.15, 0.2) is 0 Å². The SMILES string of the molecule is CCOC(=O)C1(CC(=O)CCl)CCCCC1=O. The Bertz CT molecular complexity index is 326. The third-order valence-electron chi connectivity index (χ3n) is 3.11. The summed E-state index contributed by atoms with van der Waals surface area (Å²) in [6, 6.07) is 0. The number of carbonyl (C=O) groups excluding carboxylic acids is 3. The number of halogens is 1. The van der Waals surface area contributed by atoms with Gasteiger partial charge in [-0.05, 0) is 19.8 Å². The fourth-order valence-corrected chi connectivity index (χ4v) is 2.31. The third kappa shape index (κ3) is 3.06. The van der Waals surface area contributed by atoms with Crippen LogP contribution in [0.25, 0.3) is 0 Å². The predicted octanol–water partition coefficient (Wildman–Crippen LogP) is 1.88. The van der Waals surface area contributed by atoms with E-state index in [2.05, 4.69) is 0 Å². The summed E-state index contributed by atoms with van der Waals surface area (Å²) in [6.45, 7) is 1.89. The Morgan fingerprint density at radius 3 is 2.65 bits per heavy atom. The summed E-state index contributed by atoms with van der Waals surface area (Å²) in [4.78, 5) is 35.4. The molecule has 4 nitrogen and oxygen atoms in total. The van der Waals surface area contributed by atoms with Crippen LogP contribution >= 0.6 is 11.6 Å². The van der Waals surface area contributed by atoms with Crippen molar-refractivity contribution in [1.29, 1.82) is 0 Å². The standard InChI is InChI=1S/C12H17ClO4/c1-2-17-11(16)12(7-9(14)8-13)6-4-3-5-10(12)15/h2-8H2,1H3. The molecule has 1 rings (SSSR count). The van der Waals surface area contributed by atoms with Crippen LogP contribution < -0.4 is 0 Å². The Hall–Kier alpha value is -0.900. The molecule has 0 N–H and O–H groups in total. The Kier molecular flexibility index (Phi) is 5.12. The van der Waals surface area contributed by atoms with E-state index in [0.29, 0.717) is 12.8 Å². The van der Waals surface area contributed by atoms with Crippen molar-refractivity contribution >= 4 is 29.1 Å². The van der Waals surface area contributed by atoms with Crippen molar-refractivity contribution in [2.45, 2.75) is 39.0 Å². The average Bonchev–Trinajstić information content (AvgIpc) is 2.32. The molecule has 1 aliphatic rings. The average molecular weight is 261 g/mol. The van der Waals surface area contributed by atoms with Crippen LogP contribution in [0.4, 0.5) is 0 Å². The second kappa shape index (κ2) is 6.15. The fraction of sp³-hybridized carbons (Fsp3) is 0.750. The van der Waals surface area contributed by atoms with E-state index in [-0.39, 0.29) is 30.5 Å². The summed E-state index contributed by atoms with van der Waals surface area (Å²) < 4.78 is 4.95. The lowest BCUT2D eigenvalue weighted by Gasteiger charge is -2.32. The van der Waals surface area contributed by atoms with Crippen molar-refractivity contribution in [3.8, 4) is 0 Å². The quantitative estimate of drug-likeness (QED) is 0.430. The van der Waals surface area contributed by atoms with Gasteiger partial charge in [-0.15, -0.1) is 11.6 Å². The van der Waals surface area contributed by atoms with E-state index in [4.69, 9.17) is 16.3 Å². The molecule has 0 aromatic rings. The van der Waals surface area contributed by atoms with Crippen LogP contribution in [0.1, 0.15) is 39.0 Å². The molecule has 17 heavy (non-hydrogen) atoms. The monoisotopic (exact) mass is 260 g/mol. The van der Waals surface area contributed by atoms with Gasteiger partial charge in [0.15, 0.2) is 5.78 Å². The van der Waals surface area contributed by atoms with Crippen LogP contribution in [0.5, 0.6) is 0 Å². The molecule has 0 saturated heterocycles. The number of esters is 1. The van der Waals surface area contributed by atoms with Crippen molar-refractivity contribution < 1.29 is 19.1 Å². The van der Waals surface area contributed by atoms with E-state index in [1.807, 2.05) is 0 Å². The van der Waals surface area contributed by atoms with E-state index in [1.165, 1.54) is 0 Å². The molecule has 5 heteroatoms. The zero-order valence-corrected chi connectivity index (χ0v) is 10.7. The van der Waals surface area contributed by atoms with E-state index < -0.39 is 11.4 Å². The van der Waals surface area contributed by atoms with Crippen molar-refractivity contribution in [3.05, 3.63) is 0 Å². The van der Waals surface area contributed by atoms with Gasteiger partial charge in [-0.1, -0.05) is 6.42 Å². The van der Waals surface area contributed by atoms with Crippen LogP contribution in [-0.2, 0) is 19.1 Å². The van der Waals surface area contributed by atoms with Crippen LogP contribution in [0.3, 0.4) is 0 Å². The molecular formula is C12H17ClO4. The molecule has 0 heterocycles.